The standard InChI is InChI=1S/C15H12N6O/c1-9-14(22)17-15-20(18-9)10(2)16-13-8-12(19-21(13)15)11-6-4-3-5-7-11/h3-8H,1-2H3. The first-order valence-corrected chi connectivity index (χ1v) is 6.83. The van der Waals surface area contributed by atoms with Crippen LogP contribution in [0.3, 0.4) is 0 Å². The summed E-state index contributed by atoms with van der Waals surface area (Å²) in [7, 11) is 0. The summed E-state index contributed by atoms with van der Waals surface area (Å²) in [6.45, 7) is 3.45. The van der Waals surface area contributed by atoms with Crippen molar-refractivity contribution in [2.75, 3.05) is 0 Å². The van der Waals surface area contributed by atoms with Gasteiger partial charge < -0.3 is 0 Å². The van der Waals surface area contributed by atoms with E-state index in [4.69, 9.17) is 0 Å². The van der Waals surface area contributed by atoms with E-state index >= 15 is 0 Å². The first kappa shape index (κ1) is 12.6. The molecule has 7 heteroatoms. The highest BCUT2D eigenvalue weighted by Gasteiger charge is 2.12. The first-order valence-electron chi connectivity index (χ1n) is 6.83. The lowest BCUT2D eigenvalue weighted by Crippen LogP contribution is -2.20. The molecule has 1 aromatic carbocycles. The third kappa shape index (κ3) is 1.79. The van der Waals surface area contributed by atoms with Gasteiger partial charge in [-0.1, -0.05) is 30.3 Å². The Morgan fingerprint density at radius 2 is 1.73 bits per heavy atom. The molecule has 4 rings (SSSR count). The van der Waals surface area contributed by atoms with E-state index in [-0.39, 0.29) is 5.56 Å². The normalized spacial score (nSPS) is 11.4. The molecule has 108 valence electrons. The average molecular weight is 292 g/mol. The van der Waals surface area contributed by atoms with E-state index in [9.17, 15) is 4.79 Å². The fourth-order valence-corrected chi connectivity index (χ4v) is 2.37. The van der Waals surface area contributed by atoms with Crippen LogP contribution >= 0.6 is 0 Å². The van der Waals surface area contributed by atoms with Gasteiger partial charge in [0.05, 0.1) is 5.69 Å². The molecule has 22 heavy (non-hydrogen) atoms. The molecule has 4 aromatic rings. The predicted octanol–water partition coefficient (Wildman–Crippen LogP) is 1.42. The van der Waals surface area contributed by atoms with Crippen LogP contribution in [-0.4, -0.2) is 29.2 Å². The Bertz CT molecular complexity index is 1060. The molecule has 0 aliphatic rings. The van der Waals surface area contributed by atoms with Crippen LogP contribution in [-0.2, 0) is 0 Å². The highest BCUT2D eigenvalue weighted by molar-refractivity contribution is 5.65. The van der Waals surface area contributed by atoms with Crippen molar-refractivity contribution in [1.82, 2.24) is 29.2 Å². The lowest BCUT2D eigenvalue weighted by molar-refractivity contribution is 0.739. The van der Waals surface area contributed by atoms with Gasteiger partial charge >= 0.3 is 0 Å². The molecule has 0 atom stereocenters. The number of aromatic nitrogens is 6. The van der Waals surface area contributed by atoms with E-state index < -0.39 is 0 Å². The third-order valence-electron chi connectivity index (χ3n) is 3.48. The summed E-state index contributed by atoms with van der Waals surface area (Å²) >= 11 is 0. The van der Waals surface area contributed by atoms with Crippen LogP contribution in [0, 0.1) is 13.8 Å². The monoisotopic (exact) mass is 292 g/mol. The van der Waals surface area contributed by atoms with Crippen molar-refractivity contribution < 1.29 is 0 Å². The maximum Gasteiger partial charge on any atom is 0.296 e. The van der Waals surface area contributed by atoms with E-state index in [1.54, 1.807) is 11.4 Å². The minimum absolute atomic E-state index is 0.331. The molecule has 0 amide bonds. The molecule has 0 spiro atoms. The average Bonchev–Trinajstić information content (AvgIpc) is 2.94. The van der Waals surface area contributed by atoms with Gasteiger partial charge in [-0.05, 0) is 13.8 Å². The summed E-state index contributed by atoms with van der Waals surface area (Å²) in [5.74, 6) is 1.01. The number of nitrogens with zero attached hydrogens (tertiary/aromatic N) is 6. The summed E-state index contributed by atoms with van der Waals surface area (Å²) < 4.78 is 3.08. The lowest BCUT2D eigenvalue weighted by Gasteiger charge is -2.04. The van der Waals surface area contributed by atoms with Gasteiger partial charge in [0.2, 0.25) is 0 Å². The van der Waals surface area contributed by atoms with Crippen LogP contribution in [0.15, 0.2) is 41.2 Å². The van der Waals surface area contributed by atoms with Crippen LogP contribution in [0.25, 0.3) is 22.7 Å². The van der Waals surface area contributed by atoms with Gasteiger partial charge in [-0.2, -0.15) is 24.2 Å². The van der Waals surface area contributed by atoms with E-state index in [1.165, 1.54) is 4.52 Å². The Balaban J connectivity index is 2.10. The van der Waals surface area contributed by atoms with E-state index in [0.29, 0.717) is 22.9 Å². The molecule has 3 aromatic heterocycles. The van der Waals surface area contributed by atoms with Crippen molar-refractivity contribution in [2.24, 2.45) is 0 Å². The first-order chi connectivity index (χ1) is 10.6. The fraction of sp³-hybridized carbons (Fsp3) is 0.133. The Morgan fingerprint density at radius 1 is 0.955 bits per heavy atom. The topological polar surface area (TPSA) is 77.4 Å². The van der Waals surface area contributed by atoms with E-state index in [2.05, 4.69) is 20.2 Å². The van der Waals surface area contributed by atoms with Gasteiger partial charge in [0.15, 0.2) is 5.65 Å². The van der Waals surface area contributed by atoms with E-state index in [0.717, 1.165) is 11.3 Å². The summed E-state index contributed by atoms with van der Waals surface area (Å²) in [5.41, 5.74) is 2.36. The highest BCUT2D eigenvalue weighted by Crippen LogP contribution is 2.19. The maximum atomic E-state index is 11.8. The van der Waals surface area contributed by atoms with E-state index in [1.807, 2.05) is 43.3 Å². The van der Waals surface area contributed by atoms with Crippen LogP contribution < -0.4 is 5.56 Å². The molecule has 0 fully saturated rings. The number of hydrogen-bond acceptors (Lipinski definition) is 5. The molecular weight excluding hydrogens is 280 g/mol. The zero-order valence-corrected chi connectivity index (χ0v) is 12.1. The second kappa shape index (κ2) is 4.45. The summed E-state index contributed by atoms with van der Waals surface area (Å²) in [4.78, 5) is 20.4. The van der Waals surface area contributed by atoms with Crippen LogP contribution in [0.5, 0.6) is 0 Å². The molecule has 0 saturated heterocycles. The van der Waals surface area contributed by atoms with Gasteiger partial charge in [-0.25, -0.2) is 4.98 Å². The third-order valence-corrected chi connectivity index (χ3v) is 3.48. The second-order valence-corrected chi connectivity index (χ2v) is 5.04. The van der Waals surface area contributed by atoms with Crippen LogP contribution in [0.4, 0.5) is 0 Å². The molecule has 0 bridgehead atoms. The van der Waals surface area contributed by atoms with Gasteiger partial charge in [0, 0.05) is 11.6 Å². The number of benzene rings is 1. The number of aryl methyl sites for hydroxylation is 2. The van der Waals surface area contributed by atoms with Crippen LogP contribution in [0.2, 0.25) is 0 Å². The fourth-order valence-electron chi connectivity index (χ4n) is 2.37. The molecule has 0 aliphatic heterocycles. The predicted molar refractivity (Wildman–Crippen MR) is 80.7 cm³/mol. The molecular formula is C15H12N6O. The van der Waals surface area contributed by atoms with Crippen molar-refractivity contribution in [3.05, 3.63) is 58.3 Å². The summed E-state index contributed by atoms with van der Waals surface area (Å²) in [6.07, 6.45) is 0. The number of hydrogen-bond donors (Lipinski definition) is 0. The minimum atomic E-state index is -0.358. The zero-order valence-electron chi connectivity index (χ0n) is 12.1. The molecule has 0 unspecified atom stereocenters. The Labute approximate surface area is 124 Å². The molecule has 0 radical (unpaired) electrons. The summed E-state index contributed by atoms with van der Waals surface area (Å²) in [6, 6.07) is 11.7. The molecule has 0 aliphatic carbocycles. The zero-order chi connectivity index (χ0) is 15.3. The van der Waals surface area contributed by atoms with Gasteiger partial charge in [-0.15, -0.1) is 0 Å². The second-order valence-electron chi connectivity index (χ2n) is 5.04. The Kier molecular flexibility index (Phi) is 2.56. The smallest absolute Gasteiger partial charge is 0.265 e. The summed E-state index contributed by atoms with van der Waals surface area (Å²) in [5, 5.41) is 8.74. The maximum absolute atomic E-state index is 11.8. The highest BCUT2D eigenvalue weighted by atomic mass is 16.1. The van der Waals surface area contributed by atoms with Gasteiger partial charge in [-0.3, -0.25) is 4.79 Å². The van der Waals surface area contributed by atoms with Crippen molar-refractivity contribution in [2.45, 2.75) is 13.8 Å². The molecule has 3 heterocycles. The Hall–Kier alpha value is -3.09. The van der Waals surface area contributed by atoms with Crippen molar-refractivity contribution in [1.29, 1.82) is 0 Å². The lowest BCUT2D eigenvalue weighted by atomic mass is 10.2. The minimum Gasteiger partial charge on any atom is -0.265 e. The van der Waals surface area contributed by atoms with Crippen molar-refractivity contribution in [3.63, 3.8) is 0 Å². The quantitative estimate of drug-likeness (QED) is 0.530. The van der Waals surface area contributed by atoms with Crippen molar-refractivity contribution >= 4 is 11.4 Å². The Morgan fingerprint density at radius 3 is 2.50 bits per heavy atom. The van der Waals surface area contributed by atoms with Gasteiger partial charge in [0.1, 0.15) is 11.5 Å². The number of rotatable bonds is 1. The van der Waals surface area contributed by atoms with Gasteiger partial charge in [0.25, 0.3) is 11.3 Å². The molecule has 0 N–H and O–H groups in total. The SMILES string of the molecule is Cc1nn2c(C)nc3cc(-c4ccccc4)nn3c2nc1=O. The largest absolute Gasteiger partial charge is 0.296 e. The molecule has 7 nitrogen and oxygen atoms in total. The van der Waals surface area contributed by atoms with Crippen molar-refractivity contribution in [3.8, 4) is 11.3 Å². The molecule has 0 saturated carbocycles. The number of fused-ring (bicyclic) bond motifs is 3. The van der Waals surface area contributed by atoms with Crippen LogP contribution in [0.1, 0.15) is 11.5 Å².